The summed E-state index contributed by atoms with van der Waals surface area (Å²) >= 11 is 0. The molecule has 4 aromatic carbocycles. The fourth-order valence-corrected chi connectivity index (χ4v) is 6.87. The standard InChI is InChI=1S/C32H24N2O3/c1-19(35)29-28(30(36)21-10-3-2-4-11-21)32(24-13-7-8-14-25(24)33-31(32)37)27-18-16-23-22-12-6-5-9-20(22)15-17-26(23)34(27)29/h2-18,27-29H,1H3,(H,33,37)/t27-,28-,29-,32+/m1/s1. The van der Waals surface area contributed by atoms with Crippen molar-refractivity contribution in [3.8, 4) is 0 Å². The largest absolute Gasteiger partial charge is 0.352 e. The molecule has 0 bridgehead atoms. The quantitative estimate of drug-likeness (QED) is 0.396. The van der Waals surface area contributed by atoms with Crippen molar-refractivity contribution < 1.29 is 14.4 Å². The third-order valence-electron chi connectivity index (χ3n) is 8.30. The Morgan fingerprint density at radius 2 is 1.59 bits per heavy atom. The van der Waals surface area contributed by atoms with Gasteiger partial charge in [0.25, 0.3) is 0 Å². The normalized spacial score (nSPS) is 25.1. The number of hydrogen-bond acceptors (Lipinski definition) is 4. The molecule has 7 rings (SSSR count). The van der Waals surface area contributed by atoms with E-state index in [1.807, 2.05) is 77.7 Å². The molecule has 4 atom stereocenters. The van der Waals surface area contributed by atoms with Gasteiger partial charge in [0.1, 0.15) is 5.41 Å². The molecule has 1 amide bonds. The summed E-state index contributed by atoms with van der Waals surface area (Å²) in [7, 11) is 0. The molecule has 0 radical (unpaired) electrons. The Labute approximate surface area is 214 Å². The molecule has 3 aliphatic heterocycles. The second-order valence-electron chi connectivity index (χ2n) is 10.1. The summed E-state index contributed by atoms with van der Waals surface area (Å²) in [5.41, 5.74) is 2.57. The maximum atomic E-state index is 14.4. The number of benzene rings is 4. The maximum Gasteiger partial charge on any atom is 0.238 e. The smallest absolute Gasteiger partial charge is 0.238 e. The van der Waals surface area contributed by atoms with E-state index in [4.69, 9.17) is 0 Å². The van der Waals surface area contributed by atoms with Crippen LogP contribution in [0.1, 0.15) is 28.4 Å². The summed E-state index contributed by atoms with van der Waals surface area (Å²) in [6, 6.07) is 27.5. The number of carbonyl (C=O) groups is 3. The molecule has 180 valence electrons. The molecule has 37 heavy (non-hydrogen) atoms. The van der Waals surface area contributed by atoms with Crippen LogP contribution in [0.25, 0.3) is 16.8 Å². The minimum Gasteiger partial charge on any atom is -0.352 e. The Morgan fingerprint density at radius 3 is 2.41 bits per heavy atom. The summed E-state index contributed by atoms with van der Waals surface area (Å²) in [5, 5.41) is 5.22. The lowest BCUT2D eigenvalue weighted by atomic mass is 9.64. The van der Waals surface area contributed by atoms with Gasteiger partial charge in [-0.05, 0) is 35.4 Å². The van der Waals surface area contributed by atoms with Gasteiger partial charge in [-0.1, -0.05) is 91.0 Å². The molecule has 5 heteroatoms. The molecule has 5 nitrogen and oxygen atoms in total. The van der Waals surface area contributed by atoms with E-state index in [-0.39, 0.29) is 17.5 Å². The number of ketones is 2. The van der Waals surface area contributed by atoms with Crippen LogP contribution in [0.4, 0.5) is 11.4 Å². The Morgan fingerprint density at radius 1 is 0.865 bits per heavy atom. The van der Waals surface area contributed by atoms with Crippen LogP contribution in [-0.4, -0.2) is 29.6 Å². The van der Waals surface area contributed by atoms with Crippen LogP contribution in [0.15, 0.2) is 97.1 Å². The highest BCUT2D eigenvalue weighted by atomic mass is 16.2. The number of anilines is 2. The third-order valence-corrected chi connectivity index (χ3v) is 8.30. The molecule has 0 aromatic heterocycles. The van der Waals surface area contributed by atoms with Gasteiger partial charge in [0.2, 0.25) is 5.91 Å². The molecule has 1 spiro atoms. The fourth-order valence-electron chi connectivity index (χ4n) is 6.87. The number of nitrogens with zero attached hydrogens (tertiary/aromatic N) is 1. The molecule has 0 aliphatic carbocycles. The first-order chi connectivity index (χ1) is 18.0. The first-order valence-electron chi connectivity index (χ1n) is 12.5. The lowest BCUT2D eigenvalue weighted by Gasteiger charge is -2.38. The summed E-state index contributed by atoms with van der Waals surface area (Å²) in [4.78, 5) is 44.0. The van der Waals surface area contributed by atoms with Gasteiger partial charge >= 0.3 is 0 Å². The van der Waals surface area contributed by atoms with E-state index in [1.54, 1.807) is 12.1 Å². The average Bonchev–Trinajstić information content (AvgIpc) is 3.41. The molecule has 3 heterocycles. The van der Waals surface area contributed by atoms with E-state index in [2.05, 4.69) is 23.5 Å². The second-order valence-corrected chi connectivity index (χ2v) is 10.1. The summed E-state index contributed by atoms with van der Waals surface area (Å²) in [6.07, 6.45) is 4.08. The van der Waals surface area contributed by atoms with Crippen molar-refractivity contribution in [1.29, 1.82) is 0 Å². The maximum absolute atomic E-state index is 14.4. The number of hydrogen-bond donors (Lipinski definition) is 1. The minimum atomic E-state index is -1.25. The zero-order valence-electron chi connectivity index (χ0n) is 20.2. The lowest BCUT2D eigenvalue weighted by Crippen LogP contribution is -2.51. The third kappa shape index (κ3) is 2.77. The van der Waals surface area contributed by atoms with Crippen molar-refractivity contribution in [2.75, 3.05) is 10.2 Å². The number of carbonyl (C=O) groups excluding carboxylic acids is 3. The zero-order chi connectivity index (χ0) is 25.3. The van der Waals surface area contributed by atoms with Crippen molar-refractivity contribution >= 4 is 45.7 Å². The second kappa shape index (κ2) is 7.74. The van der Waals surface area contributed by atoms with Gasteiger partial charge in [-0.3, -0.25) is 14.4 Å². The summed E-state index contributed by atoms with van der Waals surface area (Å²) in [5.74, 6) is -1.47. The van der Waals surface area contributed by atoms with Crippen molar-refractivity contribution in [1.82, 2.24) is 0 Å². The van der Waals surface area contributed by atoms with Crippen LogP contribution >= 0.6 is 0 Å². The summed E-state index contributed by atoms with van der Waals surface area (Å²) < 4.78 is 0. The van der Waals surface area contributed by atoms with Gasteiger partial charge in [0.15, 0.2) is 11.6 Å². The van der Waals surface area contributed by atoms with Gasteiger partial charge < -0.3 is 10.2 Å². The lowest BCUT2D eigenvalue weighted by molar-refractivity contribution is -0.122. The Bertz CT molecular complexity index is 1660. The molecule has 1 N–H and O–H groups in total. The highest BCUT2D eigenvalue weighted by Crippen LogP contribution is 2.58. The fraction of sp³-hybridized carbons (Fsp3) is 0.156. The topological polar surface area (TPSA) is 66.5 Å². The highest BCUT2D eigenvalue weighted by Gasteiger charge is 2.69. The van der Waals surface area contributed by atoms with Crippen LogP contribution in [0.2, 0.25) is 0 Å². The molecule has 1 saturated heterocycles. The zero-order valence-corrected chi connectivity index (χ0v) is 20.2. The van der Waals surface area contributed by atoms with Crippen LogP contribution in [0, 0.1) is 5.92 Å². The molecule has 4 aromatic rings. The van der Waals surface area contributed by atoms with Crippen molar-refractivity contribution in [2.24, 2.45) is 5.92 Å². The van der Waals surface area contributed by atoms with Gasteiger partial charge in [-0.2, -0.15) is 0 Å². The monoisotopic (exact) mass is 484 g/mol. The highest BCUT2D eigenvalue weighted by molar-refractivity contribution is 6.17. The minimum absolute atomic E-state index is 0.136. The Hall–Kier alpha value is -4.51. The molecule has 3 aliphatic rings. The van der Waals surface area contributed by atoms with Crippen molar-refractivity contribution in [2.45, 2.75) is 24.4 Å². The predicted molar refractivity (Wildman–Crippen MR) is 145 cm³/mol. The molecule has 1 fully saturated rings. The number of amides is 1. The summed E-state index contributed by atoms with van der Waals surface area (Å²) in [6.45, 7) is 1.53. The number of Topliss-reactive ketones (excluding diaryl/α,β-unsaturated/α-hetero) is 2. The predicted octanol–water partition coefficient (Wildman–Crippen LogP) is 5.40. The van der Waals surface area contributed by atoms with E-state index in [1.165, 1.54) is 6.92 Å². The SMILES string of the molecule is CC(=O)[C@@H]1[C@H](C(=O)c2ccccc2)[C@@]2(C(=O)Nc3ccccc32)[C@H]2C=Cc3c(ccc4ccccc34)N12. The van der Waals surface area contributed by atoms with Crippen molar-refractivity contribution in [3.05, 3.63) is 114 Å². The van der Waals surface area contributed by atoms with E-state index in [9.17, 15) is 14.4 Å². The number of rotatable bonds is 3. The van der Waals surface area contributed by atoms with Crippen LogP contribution < -0.4 is 10.2 Å². The Balaban J connectivity index is 1.54. The van der Waals surface area contributed by atoms with Crippen LogP contribution in [-0.2, 0) is 15.0 Å². The van der Waals surface area contributed by atoms with Gasteiger partial charge in [-0.15, -0.1) is 0 Å². The van der Waals surface area contributed by atoms with E-state index < -0.39 is 23.4 Å². The van der Waals surface area contributed by atoms with E-state index >= 15 is 0 Å². The number of fused-ring (bicyclic) bond motifs is 8. The van der Waals surface area contributed by atoms with Gasteiger partial charge in [0, 0.05) is 22.5 Å². The van der Waals surface area contributed by atoms with E-state index in [0.29, 0.717) is 11.3 Å². The Kier molecular flexibility index (Phi) is 4.55. The number of nitrogens with one attached hydrogen (secondary N) is 1. The molecule has 0 saturated carbocycles. The number of para-hydroxylation sites is 1. The molecular weight excluding hydrogens is 460 g/mol. The van der Waals surface area contributed by atoms with Crippen molar-refractivity contribution in [3.63, 3.8) is 0 Å². The van der Waals surface area contributed by atoms with Crippen LogP contribution in [0.5, 0.6) is 0 Å². The molecular formula is C32H24N2O3. The van der Waals surface area contributed by atoms with Gasteiger partial charge in [0.05, 0.1) is 18.0 Å². The molecule has 0 unspecified atom stereocenters. The first-order valence-corrected chi connectivity index (χ1v) is 12.5. The first kappa shape index (κ1) is 21.7. The van der Waals surface area contributed by atoms with Gasteiger partial charge in [-0.25, -0.2) is 0 Å². The van der Waals surface area contributed by atoms with Crippen LogP contribution in [0.3, 0.4) is 0 Å². The average molecular weight is 485 g/mol. The van der Waals surface area contributed by atoms with E-state index in [0.717, 1.165) is 27.6 Å².